The molecule has 0 unspecified atom stereocenters. The van der Waals surface area contributed by atoms with Gasteiger partial charge in [0.05, 0.1) is 5.56 Å². The van der Waals surface area contributed by atoms with Crippen molar-refractivity contribution in [2.75, 3.05) is 0 Å². The zero-order valence-corrected chi connectivity index (χ0v) is 15.6. The second-order valence-electron chi connectivity index (χ2n) is 7.31. The van der Waals surface area contributed by atoms with E-state index in [1.165, 1.54) is 6.07 Å². The van der Waals surface area contributed by atoms with Crippen LogP contribution in [0.25, 0.3) is 0 Å². The minimum atomic E-state index is -4.47. The molecule has 0 saturated heterocycles. The number of hydrogen-bond acceptors (Lipinski definition) is 3. The highest BCUT2D eigenvalue weighted by Crippen LogP contribution is 2.32. The van der Waals surface area contributed by atoms with Crippen molar-refractivity contribution >= 4 is 11.6 Å². The number of halogens is 3. The Morgan fingerprint density at radius 3 is 2.04 bits per heavy atom. The van der Waals surface area contributed by atoms with Crippen LogP contribution < -0.4 is 0 Å². The summed E-state index contributed by atoms with van der Waals surface area (Å²) in [4.78, 5) is 29.9. The van der Waals surface area contributed by atoms with Crippen molar-refractivity contribution in [3.05, 3.63) is 76.1 Å². The fourth-order valence-electron chi connectivity index (χ4n) is 3.24. The van der Waals surface area contributed by atoms with Gasteiger partial charge in [0.15, 0.2) is 11.6 Å². The predicted octanol–water partition coefficient (Wildman–Crippen LogP) is 5.45. The van der Waals surface area contributed by atoms with Crippen LogP contribution in [0.15, 0.2) is 53.7 Å². The lowest BCUT2D eigenvalue weighted by Gasteiger charge is -2.21. The maximum absolute atomic E-state index is 13.0. The van der Waals surface area contributed by atoms with Crippen LogP contribution in [0.2, 0.25) is 0 Å². The Morgan fingerprint density at radius 2 is 1.54 bits per heavy atom. The lowest BCUT2D eigenvalue weighted by Crippen LogP contribution is -2.24. The quantitative estimate of drug-likeness (QED) is 0.685. The molecule has 1 heterocycles. The number of pyridine rings is 1. The van der Waals surface area contributed by atoms with E-state index in [4.69, 9.17) is 0 Å². The highest BCUT2D eigenvalue weighted by molar-refractivity contribution is 6.27. The lowest BCUT2D eigenvalue weighted by atomic mass is 9.80. The van der Waals surface area contributed by atoms with Gasteiger partial charge in [-0.3, -0.25) is 14.6 Å². The topological polar surface area (TPSA) is 47.0 Å². The number of allylic oxidation sites excluding steroid dienone is 2. The summed E-state index contributed by atoms with van der Waals surface area (Å²) in [6.07, 6.45) is -2.49. The average molecular weight is 387 g/mol. The number of aromatic nitrogens is 1. The van der Waals surface area contributed by atoms with Crippen LogP contribution in [-0.4, -0.2) is 16.6 Å². The molecule has 0 radical (unpaired) electrons. The Hall–Kier alpha value is -2.76. The van der Waals surface area contributed by atoms with Crippen LogP contribution in [0.5, 0.6) is 0 Å². The number of carbonyl (C=O) groups excluding carboxylic acids is 2. The number of Topliss-reactive ketones (excluding diaryl/α,β-unsaturated/α-hetero) is 2. The van der Waals surface area contributed by atoms with Gasteiger partial charge >= 0.3 is 6.18 Å². The first-order valence-corrected chi connectivity index (χ1v) is 9.11. The van der Waals surface area contributed by atoms with Crippen LogP contribution >= 0.6 is 0 Å². The number of rotatable bonds is 5. The Morgan fingerprint density at radius 1 is 0.929 bits per heavy atom. The highest BCUT2D eigenvalue weighted by atomic mass is 19.4. The molecule has 6 heteroatoms. The van der Waals surface area contributed by atoms with Crippen molar-refractivity contribution in [3.63, 3.8) is 0 Å². The second kappa shape index (κ2) is 7.70. The minimum Gasteiger partial charge on any atom is -0.289 e. The maximum atomic E-state index is 13.0. The average Bonchev–Trinajstić information content (AvgIpc) is 2.65. The summed E-state index contributed by atoms with van der Waals surface area (Å²) in [6.45, 7) is 4.06. The second-order valence-corrected chi connectivity index (χ2v) is 7.31. The molecule has 1 aliphatic carbocycles. The fourth-order valence-corrected chi connectivity index (χ4v) is 3.24. The monoisotopic (exact) mass is 387 g/mol. The molecule has 28 heavy (non-hydrogen) atoms. The van der Waals surface area contributed by atoms with Crippen molar-refractivity contribution in [1.82, 2.24) is 4.98 Å². The van der Waals surface area contributed by atoms with Crippen molar-refractivity contribution in [1.29, 1.82) is 0 Å². The van der Waals surface area contributed by atoms with Crippen molar-refractivity contribution in [3.8, 4) is 0 Å². The number of alkyl halides is 3. The minimum absolute atomic E-state index is 0.0322. The van der Waals surface area contributed by atoms with Gasteiger partial charge in [-0.1, -0.05) is 38.1 Å². The smallest absolute Gasteiger partial charge is 0.289 e. The standard InChI is InChI=1S/C22H20F3NO2/c1-13(2)7-10-18-19(11-15-9-8-14(12-26-15)22(23,24)25)21(28)17-6-4-3-5-16(17)20(18)27/h3-6,8-9,12-13H,7,10-11H2,1-2H3. The van der Waals surface area contributed by atoms with Gasteiger partial charge in [0.25, 0.3) is 0 Å². The molecule has 146 valence electrons. The molecule has 0 bridgehead atoms. The molecule has 0 spiro atoms. The normalized spacial score (nSPS) is 14.6. The molecule has 3 rings (SSSR count). The Kier molecular flexibility index (Phi) is 5.49. The molecule has 0 saturated carbocycles. The molecule has 0 amide bonds. The summed E-state index contributed by atoms with van der Waals surface area (Å²) in [5, 5.41) is 0. The molecule has 2 aromatic rings. The summed E-state index contributed by atoms with van der Waals surface area (Å²) in [7, 11) is 0. The van der Waals surface area contributed by atoms with Crippen LogP contribution in [0, 0.1) is 5.92 Å². The summed E-state index contributed by atoms with van der Waals surface area (Å²) in [6, 6.07) is 8.85. The van der Waals surface area contributed by atoms with Gasteiger partial charge in [-0.05, 0) is 30.9 Å². The molecule has 0 aliphatic heterocycles. The molecular weight excluding hydrogens is 367 g/mol. The molecule has 0 N–H and O–H groups in total. The molecule has 3 nitrogen and oxygen atoms in total. The maximum Gasteiger partial charge on any atom is 0.417 e. The van der Waals surface area contributed by atoms with Crippen molar-refractivity contribution in [2.45, 2.75) is 39.3 Å². The summed E-state index contributed by atoms with van der Waals surface area (Å²) < 4.78 is 38.2. The first-order valence-electron chi connectivity index (χ1n) is 9.11. The molecule has 0 fully saturated rings. The number of carbonyl (C=O) groups is 2. The SMILES string of the molecule is CC(C)CCC1=C(Cc2ccc(C(F)(F)F)cn2)C(=O)c2ccccc2C1=O. The first-order chi connectivity index (χ1) is 13.2. The van der Waals surface area contributed by atoms with E-state index < -0.39 is 11.7 Å². The van der Waals surface area contributed by atoms with Crippen molar-refractivity contribution in [2.24, 2.45) is 5.92 Å². The van der Waals surface area contributed by atoms with Crippen LogP contribution in [0.1, 0.15) is 58.7 Å². The van der Waals surface area contributed by atoms with E-state index in [-0.39, 0.29) is 18.0 Å². The number of ketones is 2. The van der Waals surface area contributed by atoms with Gasteiger partial charge in [0.1, 0.15) is 0 Å². The van der Waals surface area contributed by atoms with Crippen LogP contribution in [0.3, 0.4) is 0 Å². The largest absolute Gasteiger partial charge is 0.417 e. The zero-order valence-electron chi connectivity index (χ0n) is 15.6. The molecule has 1 aromatic carbocycles. The van der Waals surface area contributed by atoms with E-state index >= 15 is 0 Å². The Balaban J connectivity index is 1.99. The van der Waals surface area contributed by atoms with Gasteiger partial charge in [0, 0.05) is 40.6 Å². The Labute approximate surface area is 161 Å². The third-order valence-corrected chi connectivity index (χ3v) is 4.81. The predicted molar refractivity (Wildman–Crippen MR) is 99.1 cm³/mol. The van der Waals surface area contributed by atoms with E-state index in [0.717, 1.165) is 18.7 Å². The van der Waals surface area contributed by atoms with Gasteiger partial charge in [-0.2, -0.15) is 13.2 Å². The van der Waals surface area contributed by atoms with Crippen molar-refractivity contribution < 1.29 is 22.8 Å². The lowest BCUT2D eigenvalue weighted by molar-refractivity contribution is -0.137. The summed E-state index contributed by atoms with van der Waals surface area (Å²) in [5.74, 6) is -0.0913. The number of hydrogen-bond donors (Lipinski definition) is 0. The number of benzene rings is 1. The van der Waals surface area contributed by atoms with E-state index in [9.17, 15) is 22.8 Å². The zero-order chi connectivity index (χ0) is 20.5. The number of fused-ring (bicyclic) bond motifs is 1. The van der Waals surface area contributed by atoms with Crippen LogP contribution in [0.4, 0.5) is 13.2 Å². The van der Waals surface area contributed by atoms with Gasteiger partial charge in [-0.15, -0.1) is 0 Å². The van der Waals surface area contributed by atoms with E-state index in [2.05, 4.69) is 4.98 Å². The number of nitrogens with zero attached hydrogens (tertiary/aromatic N) is 1. The molecule has 1 aromatic heterocycles. The fraction of sp³-hybridized carbons (Fsp3) is 0.318. The van der Waals surface area contributed by atoms with Gasteiger partial charge < -0.3 is 0 Å². The molecule has 0 atom stereocenters. The van der Waals surface area contributed by atoms with E-state index in [1.807, 2.05) is 13.8 Å². The third kappa shape index (κ3) is 4.06. The first kappa shape index (κ1) is 20.0. The van der Waals surface area contributed by atoms with E-state index in [1.54, 1.807) is 24.3 Å². The summed E-state index contributed by atoms with van der Waals surface area (Å²) in [5.41, 5.74) is 0.973. The van der Waals surface area contributed by atoms with Gasteiger partial charge in [0.2, 0.25) is 0 Å². The molecular formula is C22H20F3NO2. The Bertz CT molecular complexity index is 941. The third-order valence-electron chi connectivity index (χ3n) is 4.81. The summed E-state index contributed by atoms with van der Waals surface area (Å²) >= 11 is 0. The van der Waals surface area contributed by atoms with Gasteiger partial charge in [-0.25, -0.2) is 0 Å². The van der Waals surface area contributed by atoms with Crippen LogP contribution in [-0.2, 0) is 12.6 Å². The van der Waals surface area contributed by atoms with E-state index in [0.29, 0.717) is 40.3 Å². The highest BCUT2D eigenvalue weighted by Gasteiger charge is 2.33. The molecule has 1 aliphatic rings.